The van der Waals surface area contributed by atoms with Crippen LogP contribution in [-0.2, 0) is 0 Å². The zero-order valence-corrected chi connectivity index (χ0v) is 7.11. The first-order valence-corrected chi connectivity index (χ1v) is 4.00. The predicted octanol–water partition coefficient (Wildman–Crippen LogP) is 2.42. The van der Waals surface area contributed by atoms with Crippen LogP contribution in [0.2, 0.25) is 0 Å². The van der Waals surface area contributed by atoms with Crippen molar-refractivity contribution >= 4 is 0 Å². The Balaban J connectivity index is 2.55. The highest BCUT2D eigenvalue weighted by atomic mass is 19.1. The van der Waals surface area contributed by atoms with Crippen molar-refractivity contribution < 1.29 is 8.78 Å². The molecule has 1 heterocycles. The van der Waals surface area contributed by atoms with Gasteiger partial charge < -0.3 is 0 Å². The van der Waals surface area contributed by atoms with Gasteiger partial charge in [-0.05, 0) is 12.1 Å². The summed E-state index contributed by atoms with van der Waals surface area (Å²) < 4.78 is 25.9. The average molecular weight is 192 g/mol. The van der Waals surface area contributed by atoms with Gasteiger partial charge in [0.25, 0.3) is 0 Å². The van der Waals surface area contributed by atoms with Crippen molar-refractivity contribution in [2.45, 2.75) is 0 Å². The maximum Gasteiger partial charge on any atom is 0.231 e. The van der Waals surface area contributed by atoms with Crippen LogP contribution in [0.3, 0.4) is 0 Å². The lowest BCUT2D eigenvalue weighted by Crippen LogP contribution is -1.91. The second kappa shape index (κ2) is 3.49. The summed E-state index contributed by atoms with van der Waals surface area (Å²) in [4.78, 5) is 7.13. The summed E-state index contributed by atoms with van der Waals surface area (Å²) in [7, 11) is 0. The first-order valence-electron chi connectivity index (χ1n) is 4.00. The molecular formula is C10H6F2N2. The number of hydrogen-bond acceptors (Lipinski definition) is 2. The molecule has 0 N–H and O–H groups in total. The van der Waals surface area contributed by atoms with Crippen molar-refractivity contribution in [3.05, 3.63) is 48.4 Å². The first kappa shape index (κ1) is 8.74. The van der Waals surface area contributed by atoms with Crippen LogP contribution in [0.15, 0.2) is 36.7 Å². The van der Waals surface area contributed by atoms with Gasteiger partial charge in [0.2, 0.25) is 5.95 Å². The van der Waals surface area contributed by atoms with E-state index >= 15 is 0 Å². The third-order valence-electron chi connectivity index (χ3n) is 1.75. The highest BCUT2D eigenvalue weighted by Gasteiger charge is 2.05. The predicted molar refractivity (Wildman–Crippen MR) is 47.4 cm³/mol. The second-order valence-electron chi connectivity index (χ2n) is 2.71. The van der Waals surface area contributed by atoms with Crippen molar-refractivity contribution in [1.82, 2.24) is 9.97 Å². The van der Waals surface area contributed by atoms with Gasteiger partial charge in [0.05, 0.1) is 18.1 Å². The Morgan fingerprint density at radius 1 is 1.00 bits per heavy atom. The first-order chi connectivity index (χ1) is 6.77. The Labute approximate surface area is 79.3 Å². The largest absolute Gasteiger partial charge is 0.258 e. The lowest BCUT2D eigenvalue weighted by atomic mass is 10.1. The number of rotatable bonds is 1. The Kier molecular flexibility index (Phi) is 2.18. The lowest BCUT2D eigenvalue weighted by Gasteiger charge is -2.00. The molecule has 0 aliphatic rings. The smallest absolute Gasteiger partial charge is 0.231 e. The summed E-state index contributed by atoms with van der Waals surface area (Å²) in [5.74, 6) is -1.15. The molecule has 0 bridgehead atoms. The molecule has 14 heavy (non-hydrogen) atoms. The average Bonchev–Trinajstić information content (AvgIpc) is 2.18. The number of aromatic nitrogens is 2. The molecule has 0 amide bonds. The molecule has 0 aliphatic carbocycles. The standard InChI is InChI=1S/C10H6F2N2/c11-8-4-2-1-3-7(8)9-5-13-6-10(12)14-9/h1-6H. The summed E-state index contributed by atoms with van der Waals surface area (Å²) in [5.41, 5.74) is 0.447. The number of nitrogens with zero attached hydrogens (tertiary/aromatic N) is 2. The minimum atomic E-state index is -0.717. The third kappa shape index (κ3) is 1.59. The molecule has 0 fully saturated rings. The molecular weight excluding hydrogens is 186 g/mol. The molecule has 0 radical (unpaired) electrons. The van der Waals surface area contributed by atoms with Gasteiger partial charge in [-0.25, -0.2) is 9.37 Å². The fraction of sp³-hybridized carbons (Fsp3) is 0. The van der Waals surface area contributed by atoms with Gasteiger partial charge in [-0.3, -0.25) is 4.98 Å². The normalized spacial score (nSPS) is 10.1. The van der Waals surface area contributed by atoms with Gasteiger partial charge in [0.1, 0.15) is 5.82 Å². The van der Waals surface area contributed by atoms with Crippen molar-refractivity contribution in [3.8, 4) is 11.3 Å². The van der Waals surface area contributed by atoms with Crippen LogP contribution < -0.4 is 0 Å². The quantitative estimate of drug-likeness (QED) is 0.693. The topological polar surface area (TPSA) is 25.8 Å². The Morgan fingerprint density at radius 2 is 1.79 bits per heavy atom. The van der Waals surface area contributed by atoms with E-state index in [0.29, 0.717) is 0 Å². The fourth-order valence-corrected chi connectivity index (χ4v) is 1.14. The zero-order valence-electron chi connectivity index (χ0n) is 7.11. The molecule has 0 atom stereocenters. The number of hydrogen-bond donors (Lipinski definition) is 0. The highest BCUT2D eigenvalue weighted by molar-refractivity contribution is 5.58. The van der Waals surface area contributed by atoms with Crippen LogP contribution >= 0.6 is 0 Å². The van der Waals surface area contributed by atoms with E-state index in [-0.39, 0.29) is 11.3 Å². The molecule has 0 spiro atoms. The van der Waals surface area contributed by atoms with Crippen molar-refractivity contribution in [1.29, 1.82) is 0 Å². The maximum atomic E-state index is 13.2. The maximum absolute atomic E-state index is 13.2. The SMILES string of the molecule is Fc1cncc(-c2ccccc2F)n1. The van der Waals surface area contributed by atoms with Crippen LogP contribution in [0.25, 0.3) is 11.3 Å². The molecule has 2 nitrogen and oxygen atoms in total. The Hall–Kier alpha value is -1.84. The Morgan fingerprint density at radius 3 is 2.50 bits per heavy atom. The summed E-state index contributed by atoms with van der Waals surface area (Å²) in [6.45, 7) is 0. The molecule has 70 valence electrons. The van der Waals surface area contributed by atoms with Crippen LogP contribution in [0.1, 0.15) is 0 Å². The molecule has 1 aromatic heterocycles. The van der Waals surface area contributed by atoms with E-state index < -0.39 is 11.8 Å². The third-order valence-corrected chi connectivity index (χ3v) is 1.75. The van der Waals surface area contributed by atoms with E-state index in [1.165, 1.54) is 18.3 Å². The highest BCUT2D eigenvalue weighted by Crippen LogP contribution is 2.19. The van der Waals surface area contributed by atoms with E-state index in [2.05, 4.69) is 9.97 Å². The van der Waals surface area contributed by atoms with Crippen molar-refractivity contribution in [2.24, 2.45) is 0 Å². The Bertz CT molecular complexity index is 457. The summed E-state index contributed by atoms with van der Waals surface area (Å²) in [5, 5.41) is 0. The van der Waals surface area contributed by atoms with Crippen LogP contribution in [-0.4, -0.2) is 9.97 Å². The molecule has 2 rings (SSSR count). The number of benzene rings is 1. The lowest BCUT2D eigenvalue weighted by molar-refractivity contribution is 0.576. The summed E-state index contributed by atoms with van der Waals surface area (Å²) in [6.07, 6.45) is 2.30. The minimum absolute atomic E-state index is 0.197. The molecule has 1 aromatic carbocycles. The summed E-state index contributed by atoms with van der Waals surface area (Å²) >= 11 is 0. The van der Waals surface area contributed by atoms with E-state index in [1.807, 2.05) is 0 Å². The van der Waals surface area contributed by atoms with Crippen molar-refractivity contribution in [2.75, 3.05) is 0 Å². The molecule has 0 aliphatic heterocycles. The number of halogens is 2. The van der Waals surface area contributed by atoms with E-state index in [4.69, 9.17) is 0 Å². The van der Waals surface area contributed by atoms with Gasteiger partial charge in [0.15, 0.2) is 0 Å². The molecule has 0 unspecified atom stereocenters. The van der Waals surface area contributed by atoms with Crippen LogP contribution in [0.4, 0.5) is 8.78 Å². The van der Waals surface area contributed by atoms with Crippen LogP contribution in [0, 0.1) is 11.8 Å². The monoisotopic (exact) mass is 192 g/mol. The fourth-order valence-electron chi connectivity index (χ4n) is 1.14. The van der Waals surface area contributed by atoms with E-state index in [9.17, 15) is 8.78 Å². The second-order valence-corrected chi connectivity index (χ2v) is 2.71. The van der Waals surface area contributed by atoms with Gasteiger partial charge >= 0.3 is 0 Å². The van der Waals surface area contributed by atoms with Gasteiger partial charge in [0, 0.05) is 5.56 Å². The van der Waals surface area contributed by atoms with Crippen molar-refractivity contribution in [3.63, 3.8) is 0 Å². The van der Waals surface area contributed by atoms with E-state index in [0.717, 1.165) is 6.20 Å². The zero-order chi connectivity index (χ0) is 9.97. The van der Waals surface area contributed by atoms with Gasteiger partial charge in [-0.2, -0.15) is 4.39 Å². The summed E-state index contributed by atoms with van der Waals surface area (Å²) in [6, 6.07) is 6.04. The molecule has 0 saturated heterocycles. The van der Waals surface area contributed by atoms with E-state index in [1.54, 1.807) is 12.1 Å². The molecule has 2 aromatic rings. The van der Waals surface area contributed by atoms with Gasteiger partial charge in [-0.1, -0.05) is 12.1 Å². The van der Waals surface area contributed by atoms with Crippen LogP contribution in [0.5, 0.6) is 0 Å². The minimum Gasteiger partial charge on any atom is -0.258 e. The molecule has 0 saturated carbocycles. The van der Waals surface area contributed by atoms with Gasteiger partial charge in [-0.15, -0.1) is 0 Å². The molecule has 4 heteroatoms.